The Balaban J connectivity index is 0. The fraction of sp³-hybridized carbons (Fsp3) is 0.909. The molecule has 0 aliphatic rings. The summed E-state index contributed by atoms with van der Waals surface area (Å²) < 4.78 is 0. The summed E-state index contributed by atoms with van der Waals surface area (Å²) in [5.41, 5.74) is 0. The van der Waals surface area contributed by atoms with Gasteiger partial charge in [0.05, 0.1) is 0 Å². The largest absolute Gasteiger partial charge is 0.317 e. The summed E-state index contributed by atoms with van der Waals surface area (Å²) in [6.45, 7) is 11.3. The van der Waals surface area contributed by atoms with Crippen molar-refractivity contribution in [2.45, 2.75) is 118 Å². The molecule has 0 saturated carbocycles. The lowest BCUT2D eigenvalue weighted by atomic mass is 9.87. The van der Waals surface area contributed by atoms with Gasteiger partial charge in [-0.2, -0.15) is 0 Å². The SMILES string of the molecule is C=N.CCCCCCCCCCCCCC(CC(C)C)C(=O)CC. The van der Waals surface area contributed by atoms with Crippen molar-refractivity contribution >= 4 is 12.5 Å². The topological polar surface area (TPSA) is 40.9 Å². The minimum Gasteiger partial charge on any atom is -0.317 e. The van der Waals surface area contributed by atoms with Crippen molar-refractivity contribution < 1.29 is 4.79 Å². The monoisotopic (exact) mass is 339 g/mol. The summed E-state index contributed by atoms with van der Waals surface area (Å²) >= 11 is 0. The minimum atomic E-state index is 0.337. The standard InChI is InChI=1S/C21H42O.CH3N/c1-5-7-8-9-10-11-12-13-14-15-16-17-20(18-19(3)4)21(22)6-2;1-2/h19-20H,5-18H2,1-4H3;2H,1H2. The van der Waals surface area contributed by atoms with E-state index in [1.807, 2.05) is 6.92 Å². The van der Waals surface area contributed by atoms with E-state index in [0.717, 1.165) is 19.3 Å². The van der Waals surface area contributed by atoms with Gasteiger partial charge in [0, 0.05) is 12.3 Å². The zero-order valence-corrected chi connectivity index (χ0v) is 17.2. The number of rotatable bonds is 16. The second-order valence-electron chi connectivity index (χ2n) is 7.47. The predicted octanol–water partition coefficient (Wildman–Crippen LogP) is 7.59. The minimum absolute atomic E-state index is 0.337. The van der Waals surface area contributed by atoms with E-state index in [2.05, 4.69) is 27.5 Å². The summed E-state index contributed by atoms with van der Waals surface area (Å²) in [6.07, 6.45) is 18.1. The Morgan fingerprint density at radius 2 is 1.21 bits per heavy atom. The van der Waals surface area contributed by atoms with Crippen LogP contribution in [0.5, 0.6) is 0 Å². The van der Waals surface area contributed by atoms with Crippen molar-refractivity contribution in [1.29, 1.82) is 5.41 Å². The third-order valence-corrected chi connectivity index (χ3v) is 4.72. The molecule has 1 atom stereocenters. The van der Waals surface area contributed by atoms with E-state index >= 15 is 0 Å². The lowest BCUT2D eigenvalue weighted by Crippen LogP contribution is -2.15. The van der Waals surface area contributed by atoms with Crippen LogP contribution < -0.4 is 0 Å². The summed E-state index contributed by atoms with van der Waals surface area (Å²) in [5, 5.41) is 5.50. The Morgan fingerprint density at radius 1 is 0.792 bits per heavy atom. The first-order valence-electron chi connectivity index (χ1n) is 10.5. The lowest BCUT2D eigenvalue weighted by Gasteiger charge is -2.17. The number of hydrogen-bond donors (Lipinski definition) is 1. The smallest absolute Gasteiger partial charge is 0.135 e. The molecule has 0 radical (unpaired) electrons. The van der Waals surface area contributed by atoms with E-state index in [1.165, 1.54) is 70.6 Å². The number of nitrogens with one attached hydrogen (secondary N) is 1. The molecule has 0 aliphatic carbocycles. The summed E-state index contributed by atoms with van der Waals surface area (Å²) in [5.74, 6) is 1.47. The average Bonchev–Trinajstić information content (AvgIpc) is 2.59. The van der Waals surface area contributed by atoms with Crippen molar-refractivity contribution in [3.8, 4) is 0 Å². The predicted molar refractivity (Wildman–Crippen MR) is 109 cm³/mol. The van der Waals surface area contributed by atoms with Gasteiger partial charge in [-0.15, -0.1) is 0 Å². The van der Waals surface area contributed by atoms with Crippen molar-refractivity contribution in [2.24, 2.45) is 11.8 Å². The molecule has 0 saturated heterocycles. The summed E-state index contributed by atoms with van der Waals surface area (Å²) in [7, 11) is 0. The maximum atomic E-state index is 12.0. The highest BCUT2D eigenvalue weighted by molar-refractivity contribution is 5.80. The second-order valence-corrected chi connectivity index (χ2v) is 7.47. The Bertz CT molecular complexity index is 263. The van der Waals surface area contributed by atoms with Gasteiger partial charge < -0.3 is 5.41 Å². The number of Topliss-reactive ketones (excluding diaryl/α,β-unsaturated/α-hetero) is 1. The molecule has 1 N–H and O–H groups in total. The van der Waals surface area contributed by atoms with Crippen molar-refractivity contribution in [3.63, 3.8) is 0 Å². The summed E-state index contributed by atoms with van der Waals surface area (Å²) in [4.78, 5) is 12.0. The van der Waals surface area contributed by atoms with Gasteiger partial charge in [-0.25, -0.2) is 0 Å². The molecule has 0 heterocycles. The van der Waals surface area contributed by atoms with Crippen LogP contribution in [-0.2, 0) is 4.79 Å². The maximum absolute atomic E-state index is 12.0. The molecule has 0 aromatic heterocycles. The van der Waals surface area contributed by atoms with Gasteiger partial charge in [-0.1, -0.05) is 98.3 Å². The van der Waals surface area contributed by atoms with Crippen LogP contribution >= 0.6 is 0 Å². The van der Waals surface area contributed by atoms with Gasteiger partial charge in [-0.05, 0) is 25.5 Å². The molecule has 2 nitrogen and oxygen atoms in total. The van der Waals surface area contributed by atoms with Crippen LogP contribution in [0.3, 0.4) is 0 Å². The van der Waals surface area contributed by atoms with Gasteiger partial charge in [-0.3, -0.25) is 4.79 Å². The number of carbonyl (C=O) groups excluding carboxylic acids is 1. The highest BCUT2D eigenvalue weighted by Crippen LogP contribution is 2.21. The molecule has 2 heteroatoms. The molecule has 0 rings (SSSR count). The van der Waals surface area contributed by atoms with E-state index in [-0.39, 0.29) is 0 Å². The molecule has 0 aliphatic heterocycles. The van der Waals surface area contributed by atoms with Crippen molar-refractivity contribution in [1.82, 2.24) is 0 Å². The molecule has 0 bridgehead atoms. The van der Waals surface area contributed by atoms with Crippen LogP contribution in [0, 0.1) is 17.2 Å². The molecule has 0 aromatic rings. The Hall–Kier alpha value is -0.660. The van der Waals surface area contributed by atoms with Gasteiger partial charge in [0.25, 0.3) is 0 Å². The summed E-state index contributed by atoms with van der Waals surface area (Å²) in [6, 6.07) is 0. The first kappa shape index (κ1) is 25.6. The second kappa shape index (κ2) is 20.4. The van der Waals surface area contributed by atoms with Gasteiger partial charge in [0.1, 0.15) is 5.78 Å². The van der Waals surface area contributed by atoms with Crippen LogP contribution in [0.4, 0.5) is 0 Å². The highest BCUT2D eigenvalue weighted by atomic mass is 16.1. The molecule has 0 aromatic carbocycles. The average molecular weight is 340 g/mol. The molecular weight excluding hydrogens is 294 g/mol. The van der Waals surface area contributed by atoms with E-state index in [4.69, 9.17) is 5.41 Å². The molecule has 0 fully saturated rings. The van der Waals surface area contributed by atoms with E-state index in [0.29, 0.717) is 17.6 Å². The third kappa shape index (κ3) is 17.7. The Labute approximate surface area is 152 Å². The molecule has 0 spiro atoms. The normalized spacial score (nSPS) is 11.9. The molecular formula is C22H45NO. The van der Waals surface area contributed by atoms with Gasteiger partial charge in [0.15, 0.2) is 0 Å². The molecule has 1 unspecified atom stereocenters. The van der Waals surface area contributed by atoms with Crippen LogP contribution in [0.15, 0.2) is 0 Å². The maximum Gasteiger partial charge on any atom is 0.135 e. The van der Waals surface area contributed by atoms with E-state index in [9.17, 15) is 4.79 Å². The number of ketones is 1. The fourth-order valence-corrected chi connectivity index (χ4v) is 3.32. The zero-order chi connectivity index (χ0) is 18.6. The lowest BCUT2D eigenvalue weighted by molar-refractivity contribution is -0.123. The van der Waals surface area contributed by atoms with Gasteiger partial charge in [0.2, 0.25) is 0 Å². The number of hydrogen-bond acceptors (Lipinski definition) is 2. The quantitative estimate of drug-likeness (QED) is 0.228. The molecule has 0 amide bonds. The number of unbranched alkanes of at least 4 members (excludes halogenated alkanes) is 10. The van der Waals surface area contributed by atoms with Crippen LogP contribution in [-0.4, -0.2) is 12.5 Å². The van der Waals surface area contributed by atoms with Gasteiger partial charge >= 0.3 is 0 Å². The van der Waals surface area contributed by atoms with Crippen molar-refractivity contribution in [2.75, 3.05) is 0 Å². The van der Waals surface area contributed by atoms with Crippen LogP contribution in [0.25, 0.3) is 0 Å². The van der Waals surface area contributed by atoms with E-state index < -0.39 is 0 Å². The Kier molecular flexibility index (Phi) is 21.7. The fourth-order valence-electron chi connectivity index (χ4n) is 3.32. The number of carbonyl (C=O) groups is 1. The Morgan fingerprint density at radius 3 is 1.58 bits per heavy atom. The van der Waals surface area contributed by atoms with Crippen molar-refractivity contribution in [3.05, 3.63) is 0 Å². The molecule has 144 valence electrons. The first-order chi connectivity index (χ1) is 11.6. The molecule has 24 heavy (non-hydrogen) atoms. The van der Waals surface area contributed by atoms with E-state index in [1.54, 1.807) is 0 Å². The highest BCUT2D eigenvalue weighted by Gasteiger charge is 2.17. The van der Waals surface area contributed by atoms with Crippen LogP contribution in [0.1, 0.15) is 118 Å². The van der Waals surface area contributed by atoms with Crippen LogP contribution in [0.2, 0.25) is 0 Å². The zero-order valence-electron chi connectivity index (χ0n) is 17.2. The first-order valence-corrected chi connectivity index (χ1v) is 10.5. The third-order valence-electron chi connectivity index (χ3n) is 4.72.